The summed E-state index contributed by atoms with van der Waals surface area (Å²) >= 11 is 6.53. The standard InChI is InChI=1S/C11H11Br2NO4/c12-6-1-2-7(8(13)5-6)10(16)14-4-3-9(15)11(17)18/h1-2,5,9,15H,3-4H2,(H,14,16)(H,17,18). The molecule has 1 aromatic carbocycles. The van der Waals surface area contributed by atoms with Crippen LogP contribution in [0.25, 0.3) is 0 Å². The van der Waals surface area contributed by atoms with Crippen LogP contribution < -0.4 is 5.32 Å². The second-order valence-corrected chi connectivity index (χ2v) is 5.29. The van der Waals surface area contributed by atoms with Crippen LogP contribution in [0.4, 0.5) is 0 Å². The van der Waals surface area contributed by atoms with Crippen molar-refractivity contribution in [3.05, 3.63) is 32.7 Å². The molecule has 0 saturated heterocycles. The van der Waals surface area contributed by atoms with Gasteiger partial charge < -0.3 is 15.5 Å². The zero-order valence-electron chi connectivity index (χ0n) is 9.19. The molecule has 1 unspecified atom stereocenters. The number of halogens is 2. The van der Waals surface area contributed by atoms with Crippen molar-refractivity contribution in [2.45, 2.75) is 12.5 Å². The molecule has 0 aromatic heterocycles. The Labute approximate surface area is 120 Å². The summed E-state index contributed by atoms with van der Waals surface area (Å²) in [5.74, 6) is -1.62. The summed E-state index contributed by atoms with van der Waals surface area (Å²) in [6.07, 6.45) is -1.49. The van der Waals surface area contributed by atoms with Crippen LogP contribution >= 0.6 is 31.9 Å². The van der Waals surface area contributed by atoms with Gasteiger partial charge in [-0.3, -0.25) is 4.79 Å². The van der Waals surface area contributed by atoms with Crippen molar-refractivity contribution in [3.8, 4) is 0 Å². The second-order valence-electron chi connectivity index (χ2n) is 3.52. The van der Waals surface area contributed by atoms with E-state index in [0.717, 1.165) is 4.47 Å². The number of carbonyl (C=O) groups is 2. The number of carboxylic acids is 1. The number of nitrogens with one attached hydrogen (secondary N) is 1. The van der Waals surface area contributed by atoms with Gasteiger partial charge in [-0.2, -0.15) is 0 Å². The number of hydrogen-bond donors (Lipinski definition) is 3. The van der Waals surface area contributed by atoms with Gasteiger partial charge in [0.25, 0.3) is 5.91 Å². The first-order valence-corrected chi connectivity index (χ1v) is 6.64. The lowest BCUT2D eigenvalue weighted by molar-refractivity contribution is -0.146. The lowest BCUT2D eigenvalue weighted by atomic mass is 10.2. The third-order valence-corrected chi connectivity index (χ3v) is 3.31. The van der Waals surface area contributed by atoms with Crippen molar-refractivity contribution in [2.75, 3.05) is 6.54 Å². The Hall–Kier alpha value is -0.920. The molecule has 0 fully saturated rings. The summed E-state index contributed by atoms with van der Waals surface area (Å²) in [4.78, 5) is 22.1. The maximum atomic E-state index is 11.7. The fourth-order valence-electron chi connectivity index (χ4n) is 1.21. The third kappa shape index (κ3) is 4.40. The van der Waals surface area contributed by atoms with Crippen molar-refractivity contribution in [1.29, 1.82) is 0 Å². The summed E-state index contributed by atoms with van der Waals surface area (Å²) in [6.45, 7) is 0.0921. The maximum absolute atomic E-state index is 11.7. The molecule has 0 heterocycles. The molecule has 7 heteroatoms. The Morgan fingerprint density at radius 3 is 2.56 bits per heavy atom. The minimum Gasteiger partial charge on any atom is -0.479 e. The quantitative estimate of drug-likeness (QED) is 0.726. The summed E-state index contributed by atoms with van der Waals surface area (Å²) in [6, 6.07) is 5.10. The number of carbonyl (C=O) groups excluding carboxylic acids is 1. The topological polar surface area (TPSA) is 86.6 Å². The number of amides is 1. The molecule has 0 bridgehead atoms. The molecule has 0 spiro atoms. The van der Waals surface area contributed by atoms with E-state index < -0.39 is 12.1 Å². The first-order chi connectivity index (χ1) is 8.41. The van der Waals surface area contributed by atoms with E-state index in [-0.39, 0.29) is 18.9 Å². The van der Waals surface area contributed by atoms with Crippen LogP contribution in [-0.4, -0.2) is 34.7 Å². The molecule has 0 aliphatic rings. The number of aliphatic hydroxyl groups excluding tert-OH is 1. The molecule has 0 radical (unpaired) electrons. The van der Waals surface area contributed by atoms with Gasteiger partial charge in [-0.1, -0.05) is 15.9 Å². The van der Waals surface area contributed by atoms with Crippen LogP contribution in [0, 0.1) is 0 Å². The summed E-state index contributed by atoms with van der Waals surface area (Å²) in [5.41, 5.74) is 0.447. The van der Waals surface area contributed by atoms with E-state index in [1.165, 1.54) is 0 Å². The molecule has 0 saturated carbocycles. The van der Waals surface area contributed by atoms with Crippen molar-refractivity contribution >= 4 is 43.7 Å². The fourth-order valence-corrected chi connectivity index (χ4v) is 2.44. The first kappa shape index (κ1) is 15.1. The van der Waals surface area contributed by atoms with Gasteiger partial charge >= 0.3 is 5.97 Å². The number of rotatable bonds is 5. The lowest BCUT2D eigenvalue weighted by Crippen LogP contribution is -2.30. The van der Waals surface area contributed by atoms with Crippen LogP contribution in [0.2, 0.25) is 0 Å². The van der Waals surface area contributed by atoms with Gasteiger partial charge in [0.2, 0.25) is 0 Å². The van der Waals surface area contributed by atoms with Gasteiger partial charge in [0.15, 0.2) is 6.10 Å². The van der Waals surface area contributed by atoms with E-state index in [2.05, 4.69) is 37.2 Å². The molecule has 1 aromatic rings. The van der Waals surface area contributed by atoms with Crippen molar-refractivity contribution in [2.24, 2.45) is 0 Å². The predicted octanol–water partition coefficient (Wildman–Crippen LogP) is 1.78. The van der Waals surface area contributed by atoms with Crippen molar-refractivity contribution < 1.29 is 19.8 Å². The van der Waals surface area contributed by atoms with Gasteiger partial charge in [0.05, 0.1) is 5.56 Å². The molecular formula is C11H11Br2NO4. The average molecular weight is 381 g/mol. The number of benzene rings is 1. The Balaban J connectivity index is 2.53. The Kier molecular flexibility index (Phi) is 5.77. The zero-order chi connectivity index (χ0) is 13.7. The first-order valence-electron chi connectivity index (χ1n) is 5.06. The van der Waals surface area contributed by atoms with Crippen LogP contribution in [0.15, 0.2) is 27.1 Å². The molecule has 98 valence electrons. The largest absolute Gasteiger partial charge is 0.479 e. The minimum absolute atomic E-state index is 0.0325. The summed E-state index contributed by atoms with van der Waals surface area (Å²) < 4.78 is 1.47. The molecule has 0 aliphatic heterocycles. The summed E-state index contributed by atoms with van der Waals surface area (Å²) in [5, 5.41) is 20.0. The number of carboxylic acid groups (broad SMARTS) is 1. The van der Waals surface area contributed by atoms with Gasteiger partial charge in [0, 0.05) is 21.9 Å². The predicted molar refractivity (Wildman–Crippen MR) is 72.4 cm³/mol. The van der Waals surface area contributed by atoms with E-state index in [1.807, 2.05) is 0 Å². The number of aliphatic hydroxyl groups is 1. The van der Waals surface area contributed by atoms with Crippen LogP contribution in [0.5, 0.6) is 0 Å². The molecule has 1 rings (SSSR count). The number of hydrogen-bond acceptors (Lipinski definition) is 3. The van der Waals surface area contributed by atoms with E-state index in [0.29, 0.717) is 10.0 Å². The highest BCUT2D eigenvalue weighted by Gasteiger charge is 2.14. The molecule has 1 amide bonds. The Bertz CT molecular complexity index is 464. The SMILES string of the molecule is O=C(NCCC(O)C(=O)O)c1ccc(Br)cc1Br. The molecule has 0 aliphatic carbocycles. The van der Waals surface area contributed by atoms with E-state index in [1.54, 1.807) is 18.2 Å². The monoisotopic (exact) mass is 379 g/mol. The van der Waals surface area contributed by atoms with Crippen molar-refractivity contribution in [3.63, 3.8) is 0 Å². The van der Waals surface area contributed by atoms with Gasteiger partial charge in [-0.15, -0.1) is 0 Å². The minimum atomic E-state index is -1.46. The van der Waals surface area contributed by atoms with E-state index in [4.69, 9.17) is 10.2 Å². The third-order valence-electron chi connectivity index (χ3n) is 2.16. The number of aliphatic carboxylic acids is 1. The van der Waals surface area contributed by atoms with Crippen molar-refractivity contribution in [1.82, 2.24) is 5.32 Å². The zero-order valence-corrected chi connectivity index (χ0v) is 12.4. The normalized spacial score (nSPS) is 11.9. The van der Waals surface area contributed by atoms with E-state index in [9.17, 15) is 9.59 Å². The van der Waals surface area contributed by atoms with E-state index >= 15 is 0 Å². The maximum Gasteiger partial charge on any atom is 0.332 e. The van der Waals surface area contributed by atoms with Gasteiger partial charge in [-0.25, -0.2) is 4.79 Å². The molecule has 5 nitrogen and oxygen atoms in total. The molecule has 3 N–H and O–H groups in total. The second kappa shape index (κ2) is 6.86. The van der Waals surface area contributed by atoms with Crippen LogP contribution in [0.3, 0.4) is 0 Å². The Morgan fingerprint density at radius 2 is 2.00 bits per heavy atom. The molecular weight excluding hydrogens is 370 g/mol. The fraction of sp³-hybridized carbons (Fsp3) is 0.273. The highest BCUT2D eigenvalue weighted by molar-refractivity contribution is 9.11. The van der Waals surface area contributed by atoms with Gasteiger partial charge in [-0.05, 0) is 34.1 Å². The summed E-state index contributed by atoms with van der Waals surface area (Å²) in [7, 11) is 0. The smallest absolute Gasteiger partial charge is 0.332 e. The van der Waals surface area contributed by atoms with Crippen LogP contribution in [0.1, 0.15) is 16.8 Å². The van der Waals surface area contributed by atoms with Crippen LogP contribution in [-0.2, 0) is 4.79 Å². The molecule has 1 atom stereocenters. The Morgan fingerprint density at radius 1 is 1.33 bits per heavy atom. The average Bonchev–Trinajstić information content (AvgIpc) is 2.28. The highest BCUT2D eigenvalue weighted by Crippen LogP contribution is 2.21. The molecule has 18 heavy (non-hydrogen) atoms. The highest BCUT2D eigenvalue weighted by atomic mass is 79.9. The van der Waals surface area contributed by atoms with Gasteiger partial charge in [0.1, 0.15) is 0 Å². The lowest BCUT2D eigenvalue weighted by Gasteiger charge is -2.08.